The fraction of sp³-hybridized carbons (Fsp3) is 0.333. The number of anilines is 1. The largest absolute Gasteiger partial charge is 0.368 e. The van der Waals surface area contributed by atoms with Crippen molar-refractivity contribution in [2.75, 3.05) is 31.1 Å². The van der Waals surface area contributed by atoms with Crippen LogP contribution < -0.4 is 10.2 Å². The van der Waals surface area contributed by atoms with Gasteiger partial charge in [0.1, 0.15) is 0 Å². The summed E-state index contributed by atoms with van der Waals surface area (Å²) in [5.74, 6) is 0. The van der Waals surface area contributed by atoms with Crippen LogP contribution in [0.25, 0.3) is 22.3 Å². The molecule has 0 bridgehead atoms. The summed E-state index contributed by atoms with van der Waals surface area (Å²) in [5, 5.41) is 8.28. The molecule has 3 aromatic rings. The molecule has 4 heterocycles. The van der Waals surface area contributed by atoms with Crippen LogP contribution in [0.3, 0.4) is 0 Å². The summed E-state index contributed by atoms with van der Waals surface area (Å²) < 4.78 is 16.3. The van der Waals surface area contributed by atoms with Gasteiger partial charge in [-0.3, -0.25) is 4.68 Å². The lowest BCUT2D eigenvalue weighted by molar-refractivity contribution is 0.390. The van der Waals surface area contributed by atoms with Gasteiger partial charge in [0.2, 0.25) is 0 Å². The van der Waals surface area contributed by atoms with Crippen LogP contribution in [0.1, 0.15) is 0 Å². The van der Waals surface area contributed by atoms with Gasteiger partial charge in [0.05, 0.1) is 11.9 Å². The molecule has 1 fully saturated rings. The second-order valence-electron chi connectivity index (χ2n) is 5.52. The van der Waals surface area contributed by atoms with Gasteiger partial charge < -0.3 is 10.2 Å². The number of halogens is 1. The van der Waals surface area contributed by atoms with Crippen LogP contribution in [0.4, 0.5) is 10.2 Å². The number of aryl methyl sites for hydroxylation is 1. The van der Waals surface area contributed by atoms with E-state index in [2.05, 4.69) is 20.3 Å². The molecule has 0 aliphatic carbocycles. The summed E-state index contributed by atoms with van der Waals surface area (Å²) in [6, 6.07) is 3.82. The van der Waals surface area contributed by atoms with Crippen LogP contribution in [0.15, 0.2) is 30.7 Å². The van der Waals surface area contributed by atoms with Crippen molar-refractivity contribution in [3.05, 3.63) is 30.7 Å². The average molecular weight is 300 g/mol. The molecule has 1 aliphatic rings. The highest BCUT2D eigenvalue weighted by Crippen LogP contribution is 2.33. The first-order valence-electron chi connectivity index (χ1n) is 7.35. The summed E-state index contributed by atoms with van der Waals surface area (Å²) in [5.41, 5.74) is 2.62. The maximum Gasteiger partial charge on any atom is 0.172 e. The number of pyridine rings is 1. The number of piperazine rings is 1. The minimum Gasteiger partial charge on any atom is -0.368 e. The number of hydrogen-bond donors (Lipinski definition) is 1. The van der Waals surface area contributed by atoms with Crippen molar-refractivity contribution < 1.29 is 4.48 Å². The number of nitrogens with one attached hydrogen (secondary N) is 1. The first kappa shape index (κ1) is 13.3. The molecule has 1 N–H and O–H groups in total. The van der Waals surface area contributed by atoms with Gasteiger partial charge in [-0.25, -0.2) is 4.98 Å². The van der Waals surface area contributed by atoms with Crippen LogP contribution in [-0.2, 0) is 7.05 Å². The Balaban J connectivity index is 1.86. The second-order valence-corrected chi connectivity index (χ2v) is 5.52. The monoisotopic (exact) mass is 300 g/mol. The lowest BCUT2D eigenvalue weighted by Crippen LogP contribution is -2.43. The fourth-order valence-electron chi connectivity index (χ4n) is 2.99. The average Bonchev–Trinajstić information content (AvgIpc) is 3.12. The first-order chi connectivity index (χ1) is 10.7. The van der Waals surface area contributed by atoms with Gasteiger partial charge in [-0.05, 0) is 12.1 Å². The van der Waals surface area contributed by atoms with Gasteiger partial charge >= 0.3 is 0 Å². The van der Waals surface area contributed by atoms with E-state index in [1.54, 1.807) is 23.3 Å². The molecular formula is C15H17FN6. The number of aromatic nitrogens is 4. The van der Waals surface area contributed by atoms with E-state index in [0.29, 0.717) is 16.1 Å². The van der Waals surface area contributed by atoms with Crippen molar-refractivity contribution in [2.45, 2.75) is 0 Å². The van der Waals surface area contributed by atoms with Crippen LogP contribution in [0, 0.1) is 0 Å². The van der Waals surface area contributed by atoms with E-state index < -0.39 is 0 Å². The van der Waals surface area contributed by atoms with Crippen LogP contribution in [0.2, 0.25) is 0 Å². The van der Waals surface area contributed by atoms with E-state index >= 15 is 0 Å². The van der Waals surface area contributed by atoms with Crippen molar-refractivity contribution in [1.82, 2.24) is 24.9 Å². The Morgan fingerprint density at radius 3 is 2.82 bits per heavy atom. The predicted molar refractivity (Wildman–Crippen MR) is 83.5 cm³/mol. The van der Waals surface area contributed by atoms with E-state index in [1.165, 1.54) is 0 Å². The molecular weight excluding hydrogens is 283 g/mol. The highest BCUT2D eigenvalue weighted by atomic mass is 19.2. The number of rotatable bonds is 2. The molecule has 0 saturated carbocycles. The molecule has 4 rings (SSSR count). The van der Waals surface area contributed by atoms with Crippen LogP contribution >= 0.6 is 0 Å². The highest BCUT2D eigenvalue weighted by Gasteiger charge is 2.19. The molecule has 22 heavy (non-hydrogen) atoms. The Kier molecular flexibility index (Phi) is 3.07. The number of nitrogens with zero attached hydrogens (tertiary/aromatic N) is 5. The molecule has 0 spiro atoms. The molecule has 0 aromatic carbocycles. The lowest BCUT2D eigenvalue weighted by atomic mass is 10.2. The Bertz CT molecular complexity index is 815. The predicted octanol–water partition coefficient (Wildman–Crippen LogP) is 1.58. The van der Waals surface area contributed by atoms with Gasteiger partial charge in [-0.2, -0.15) is 9.89 Å². The molecule has 114 valence electrons. The van der Waals surface area contributed by atoms with Crippen molar-refractivity contribution in [3.63, 3.8) is 0 Å². The lowest BCUT2D eigenvalue weighted by Gasteiger charge is -2.29. The Morgan fingerprint density at radius 2 is 2.09 bits per heavy atom. The summed E-state index contributed by atoms with van der Waals surface area (Å²) in [6.07, 6.45) is 5.13. The van der Waals surface area contributed by atoms with Gasteiger partial charge in [0, 0.05) is 62.3 Å². The quantitative estimate of drug-likeness (QED) is 0.781. The third kappa shape index (κ3) is 2.05. The van der Waals surface area contributed by atoms with Gasteiger partial charge in [-0.1, -0.05) is 4.48 Å². The molecule has 3 aromatic heterocycles. The van der Waals surface area contributed by atoms with E-state index in [1.807, 2.05) is 19.2 Å². The van der Waals surface area contributed by atoms with Gasteiger partial charge in [0.25, 0.3) is 0 Å². The maximum atomic E-state index is 14.7. The van der Waals surface area contributed by atoms with Crippen molar-refractivity contribution in [3.8, 4) is 11.3 Å². The number of fused-ring (bicyclic) bond motifs is 1. The van der Waals surface area contributed by atoms with Crippen LogP contribution in [-0.4, -0.2) is 45.7 Å². The zero-order chi connectivity index (χ0) is 15.1. The van der Waals surface area contributed by atoms with Crippen LogP contribution in [0.5, 0.6) is 0 Å². The summed E-state index contributed by atoms with van der Waals surface area (Å²) >= 11 is 0. The number of hydrogen-bond acceptors (Lipinski definition) is 4. The SMILES string of the molecule is Cn1cc(-c2cc3c(N4CCNCC4)ccnc3n2F)cn1. The standard InChI is InChI=1S/C15H17FN6/c1-20-10-11(9-19-20)14-8-12-13(21-6-4-17-5-7-21)2-3-18-15(12)22(14)16/h2-3,8-10,17H,4-7H2,1H3. The van der Waals surface area contributed by atoms with E-state index in [4.69, 9.17) is 0 Å². The maximum absolute atomic E-state index is 14.7. The fourth-order valence-corrected chi connectivity index (χ4v) is 2.99. The zero-order valence-electron chi connectivity index (χ0n) is 12.3. The third-order valence-electron chi connectivity index (χ3n) is 4.08. The van der Waals surface area contributed by atoms with Crippen molar-refractivity contribution in [1.29, 1.82) is 0 Å². The normalized spacial score (nSPS) is 15.6. The molecule has 0 radical (unpaired) electrons. The summed E-state index contributed by atoms with van der Waals surface area (Å²) in [6.45, 7) is 3.71. The smallest absolute Gasteiger partial charge is 0.172 e. The molecule has 0 atom stereocenters. The summed E-state index contributed by atoms with van der Waals surface area (Å²) in [4.78, 5) is 7.13. The molecule has 1 aliphatic heterocycles. The topological polar surface area (TPSA) is 50.9 Å². The van der Waals surface area contributed by atoms with Crippen molar-refractivity contribution >= 4 is 16.7 Å². The Labute approximate surface area is 127 Å². The van der Waals surface area contributed by atoms with Gasteiger partial charge in [0.15, 0.2) is 5.65 Å². The summed E-state index contributed by atoms with van der Waals surface area (Å²) in [7, 11) is 1.82. The van der Waals surface area contributed by atoms with E-state index in [0.717, 1.165) is 42.8 Å². The molecule has 7 heteroatoms. The van der Waals surface area contributed by atoms with E-state index in [-0.39, 0.29) is 0 Å². The van der Waals surface area contributed by atoms with Gasteiger partial charge in [-0.15, -0.1) is 0 Å². The third-order valence-corrected chi connectivity index (χ3v) is 4.08. The molecule has 0 unspecified atom stereocenters. The minimum atomic E-state index is 0.356. The second kappa shape index (κ2) is 5.10. The van der Waals surface area contributed by atoms with Crippen molar-refractivity contribution in [2.24, 2.45) is 7.05 Å². The van der Waals surface area contributed by atoms with E-state index in [9.17, 15) is 4.48 Å². The Morgan fingerprint density at radius 1 is 1.27 bits per heavy atom. The molecule has 6 nitrogen and oxygen atoms in total. The molecule has 1 saturated heterocycles. The molecule has 0 amide bonds. The Hall–Kier alpha value is -2.41. The minimum absolute atomic E-state index is 0.356. The zero-order valence-corrected chi connectivity index (χ0v) is 12.3. The highest BCUT2D eigenvalue weighted by molar-refractivity contribution is 5.94. The first-order valence-corrected chi connectivity index (χ1v) is 7.35.